The van der Waals surface area contributed by atoms with Gasteiger partial charge in [0, 0.05) is 16.8 Å². The molecular weight excluding hydrogens is 354 g/mol. The van der Waals surface area contributed by atoms with E-state index in [9.17, 15) is 13.2 Å². The second-order valence-electron chi connectivity index (χ2n) is 5.70. The summed E-state index contributed by atoms with van der Waals surface area (Å²) < 4.78 is 24.8. The molecule has 0 aliphatic rings. The Morgan fingerprint density at radius 1 is 1.08 bits per heavy atom. The van der Waals surface area contributed by atoms with Crippen LogP contribution in [0.2, 0.25) is 0 Å². The van der Waals surface area contributed by atoms with E-state index in [2.05, 4.69) is 25.2 Å². The van der Waals surface area contributed by atoms with Gasteiger partial charge in [0.05, 0.1) is 11.9 Å². The summed E-state index contributed by atoms with van der Waals surface area (Å²) in [5.74, 6) is 0.844. The first-order chi connectivity index (χ1) is 12.3. The molecule has 1 heterocycles. The normalized spacial score (nSPS) is 11.2. The molecule has 1 amide bonds. The van der Waals surface area contributed by atoms with E-state index in [1.807, 2.05) is 12.1 Å². The topological polar surface area (TPSA) is 117 Å². The van der Waals surface area contributed by atoms with Crippen LogP contribution in [0.5, 0.6) is 0 Å². The van der Waals surface area contributed by atoms with Gasteiger partial charge in [-0.3, -0.25) is 14.6 Å². The van der Waals surface area contributed by atoms with Crippen LogP contribution in [0.1, 0.15) is 16.2 Å². The van der Waals surface area contributed by atoms with Gasteiger partial charge in [-0.15, -0.1) is 0 Å². The van der Waals surface area contributed by atoms with Gasteiger partial charge in [0.2, 0.25) is 10.0 Å². The van der Waals surface area contributed by atoms with E-state index in [1.54, 1.807) is 31.2 Å². The average molecular weight is 371 g/mol. The van der Waals surface area contributed by atoms with E-state index in [0.717, 1.165) is 6.26 Å². The molecule has 0 bridgehead atoms. The molecule has 3 N–H and O–H groups in total. The standard InChI is InChI=1S/C17H17N5O3S/c1-11-18-16(21-20-11)14-5-3-4-6-15(14)19-17(23)12-7-9-13(10-8-12)22-26(2,24)25/h3-10,22H,1-2H3,(H,19,23)(H,18,20,21). The number of hydrogen-bond donors (Lipinski definition) is 3. The minimum absolute atomic E-state index is 0.324. The van der Waals surface area contributed by atoms with E-state index in [1.165, 1.54) is 12.1 Å². The maximum Gasteiger partial charge on any atom is 0.255 e. The number of aromatic nitrogens is 3. The second-order valence-corrected chi connectivity index (χ2v) is 7.44. The fourth-order valence-electron chi connectivity index (χ4n) is 2.35. The maximum absolute atomic E-state index is 12.5. The molecule has 8 nitrogen and oxygen atoms in total. The number of carbonyl (C=O) groups is 1. The van der Waals surface area contributed by atoms with Crippen LogP contribution in [0, 0.1) is 6.92 Å². The van der Waals surface area contributed by atoms with Crippen molar-refractivity contribution in [3.8, 4) is 11.4 Å². The molecule has 0 saturated heterocycles. The SMILES string of the molecule is Cc1nc(-c2ccccc2NC(=O)c2ccc(NS(C)(=O)=O)cc2)n[nH]1. The van der Waals surface area contributed by atoms with Gasteiger partial charge in [0.25, 0.3) is 5.91 Å². The summed E-state index contributed by atoms with van der Waals surface area (Å²) in [5, 5.41) is 9.72. The Balaban J connectivity index is 1.80. The number of rotatable bonds is 5. The van der Waals surface area contributed by atoms with Crippen molar-refractivity contribution in [1.82, 2.24) is 15.2 Å². The summed E-state index contributed by atoms with van der Waals surface area (Å²) in [4.78, 5) is 16.8. The Hall–Kier alpha value is -3.20. The van der Waals surface area contributed by atoms with E-state index in [4.69, 9.17) is 0 Å². The Kier molecular flexibility index (Phi) is 4.72. The lowest BCUT2D eigenvalue weighted by molar-refractivity contribution is 0.102. The Bertz CT molecular complexity index is 1040. The number of sulfonamides is 1. The molecule has 0 atom stereocenters. The van der Waals surface area contributed by atoms with Crippen LogP contribution in [-0.2, 0) is 10.0 Å². The number of anilines is 2. The third-order valence-corrected chi connectivity index (χ3v) is 4.07. The highest BCUT2D eigenvalue weighted by Crippen LogP contribution is 2.25. The van der Waals surface area contributed by atoms with Crippen molar-refractivity contribution in [2.75, 3.05) is 16.3 Å². The van der Waals surface area contributed by atoms with Crippen LogP contribution in [0.15, 0.2) is 48.5 Å². The molecule has 26 heavy (non-hydrogen) atoms. The van der Waals surface area contributed by atoms with E-state index >= 15 is 0 Å². The van der Waals surface area contributed by atoms with Crippen molar-refractivity contribution in [3.63, 3.8) is 0 Å². The van der Waals surface area contributed by atoms with Gasteiger partial charge in [-0.25, -0.2) is 13.4 Å². The van der Waals surface area contributed by atoms with Crippen molar-refractivity contribution in [2.24, 2.45) is 0 Å². The van der Waals surface area contributed by atoms with Crippen LogP contribution in [0.3, 0.4) is 0 Å². The number of para-hydroxylation sites is 1. The zero-order valence-electron chi connectivity index (χ0n) is 14.1. The summed E-state index contributed by atoms with van der Waals surface area (Å²) in [5.41, 5.74) is 2.06. The number of H-pyrrole nitrogens is 1. The van der Waals surface area contributed by atoms with Gasteiger partial charge in [-0.1, -0.05) is 12.1 Å². The third-order valence-electron chi connectivity index (χ3n) is 3.46. The molecule has 0 spiro atoms. The number of carbonyl (C=O) groups excluding carboxylic acids is 1. The highest BCUT2D eigenvalue weighted by Gasteiger charge is 2.13. The van der Waals surface area contributed by atoms with Gasteiger partial charge >= 0.3 is 0 Å². The monoisotopic (exact) mass is 371 g/mol. The number of aromatic amines is 1. The zero-order valence-corrected chi connectivity index (χ0v) is 15.0. The lowest BCUT2D eigenvalue weighted by Gasteiger charge is -2.10. The maximum atomic E-state index is 12.5. The second kappa shape index (κ2) is 6.96. The summed E-state index contributed by atoms with van der Waals surface area (Å²) in [6.07, 6.45) is 1.06. The van der Waals surface area contributed by atoms with Gasteiger partial charge in [0.15, 0.2) is 5.82 Å². The molecule has 1 aromatic heterocycles. The van der Waals surface area contributed by atoms with Crippen LogP contribution >= 0.6 is 0 Å². The Morgan fingerprint density at radius 2 is 1.77 bits per heavy atom. The molecule has 0 aliphatic carbocycles. The van der Waals surface area contributed by atoms with Crippen molar-refractivity contribution in [1.29, 1.82) is 0 Å². The predicted molar refractivity (Wildman–Crippen MR) is 99.4 cm³/mol. The van der Waals surface area contributed by atoms with E-state index < -0.39 is 10.0 Å². The van der Waals surface area contributed by atoms with Crippen LogP contribution in [-0.4, -0.2) is 35.8 Å². The van der Waals surface area contributed by atoms with Gasteiger partial charge < -0.3 is 5.32 Å². The largest absolute Gasteiger partial charge is 0.321 e. The van der Waals surface area contributed by atoms with E-state index in [0.29, 0.717) is 34.2 Å². The molecule has 134 valence electrons. The summed E-state index contributed by atoms with van der Waals surface area (Å²) in [6, 6.07) is 13.4. The number of amides is 1. The fraction of sp³-hybridized carbons (Fsp3) is 0.118. The molecule has 0 aliphatic heterocycles. The van der Waals surface area contributed by atoms with Crippen molar-refractivity contribution < 1.29 is 13.2 Å². The molecule has 2 aromatic carbocycles. The van der Waals surface area contributed by atoms with Crippen molar-refractivity contribution >= 4 is 27.3 Å². The quantitative estimate of drug-likeness (QED) is 0.637. The van der Waals surface area contributed by atoms with Gasteiger partial charge in [0.1, 0.15) is 5.82 Å². The van der Waals surface area contributed by atoms with Gasteiger partial charge in [-0.2, -0.15) is 5.10 Å². The van der Waals surface area contributed by atoms with Gasteiger partial charge in [-0.05, 0) is 43.3 Å². The Labute approximate surface area is 150 Å². The molecule has 3 aromatic rings. The highest BCUT2D eigenvalue weighted by atomic mass is 32.2. The lowest BCUT2D eigenvalue weighted by Crippen LogP contribution is -2.13. The lowest BCUT2D eigenvalue weighted by atomic mass is 10.1. The molecule has 0 saturated carbocycles. The third kappa shape index (κ3) is 4.25. The first-order valence-electron chi connectivity index (χ1n) is 7.69. The molecule has 0 fully saturated rings. The zero-order chi connectivity index (χ0) is 18.7. The minimum atomic E-state index is -3.36. The number of nitrogens with one attached hydrogen (secondary N) is 3. The van der Waals surface area contributed by atoms with E-state index in [-0.39, 0.29) is 5.91 Å². The predicted octanol–water partition coefficient (Wildman–Crippen LogP) is 2.40. The molecular formula is C17H17N5O3S. The molecule has 0 unspecified atom stereocenters. The fourth-order valence-corrected chi connectivity index (χ4v) is 2.91. The van der Waals surface area contributed by atoms with Crippen LogP contribution < -0.4 is 10.0 Å². The number of aryl methyl sites for hydroxylation is 1. The van der Waals surface area contributed by atoms with Crippen LogP contribution in [0.25, 0.3) is 11.4 Å². The molecule has 9 heteroatoms. The smallest absolute Gasteiger partial charge is 0.255 e. The molecule has 0 radical (unpaired) electrons. The first kappa shape index (κ1) is 17.6. The molecule has 3 rings (SSSR count). The minimum Gasteiger partial charge on any atom is -0.321 e. The Morgan fingerprint density at radius 3 is 2.38 bits per heavy atom. The number of hydrogen-bond acceptors (Lipinski definition) is 5. The first-order valence-corrected chi connectivity index (χ1v) is 9.58. The van der Waals surface area contributed by atoms with Crippen molar-refractivity contribution in [2.45, 2.75) is 6.92 Å². The summed E-state index contributed by atoms with van der Waals surface area (Å²) in [7, 11) is -3.36. The average Bonchev–Trinajstić information content (AvgIpc) is 3.01. The van der Waals surface area contributed by atoms with Crippen LogP contribution in [0.4, 0.5) is 11.4 Å². The van der Waals surface area contributed by atoms with Crippen molar-refractivity contribution in [3.05, 3.63) is 59.9 Å². The summed E-state index contributed by atoms with van der Waals surface area (Å²) in [6.45, 7) is 1.80. The highest BCUT2D eigenvalue weighted by molar-refractivity contribution is 7.92. The number of nitrogens with zero attached hydrogens (tertiary/aromatic N) is 2. The summed E-state index contributed by atoms with van der Waals surface area (Å²) >= 11 is 0. The number of benzene rings is 2.